The van der Waals surface area contributed by atoms with Crippen LogP contribution in [0.2, 0.25) is 5.02 Å². The Balaban J connectivity index is 2.17. The zero-order valence-electron chi connectivity index (χ0n) is 16.4. The van der Waals surface area contributed by atoms with Crippen LogP contribution in [0.1, 0.15) is 40.4 Å². The first-order valence-electron chi connectivity index (χ1n) is 9.20. The van der Waals surface area contributed by atoms with Gasteiger partial charge in [0.25, 0.3) is 5.56 Å². The molecule has 0 spiro atoms. The van der Waals surface area contributed by atoms with E-state index in [9.17, 15) is 19.5 Å². The summed E-state index contributed by atoms with van der Waals surface area (Å²) in [5, 5.41) is 11.0. The largest absolute Gasteiger partial charge is 0.505 e. The number of ether oxygens (including phenoxy) is 1. The highest BCUT2D eigenvalue weighted by Gasteiger charge is 2.26. The summed E-state index contributed by atoms with van der Waals surface area (Å²) in [5.74, 6) is -1.45. The predicted molar refractivity (Wildman–Crippen MR) is 110 cm³/mol. The van der Waals surface area contributed by atoms with Gasteiger partial charge in [0.15, 0.2) is 17.2 Å². The van der Waals surface area contributed by atoms with E-state index in [2.05, 4.69) is 0 Å². The van der Waals surface area contributed by atoms with Crippen LogP contribution in [-0.4, -0.2) is 32.6 Å². The number of carbonyl (C=O) groups excluding carboxylic acids is 2. The molecule has 2 aromatic heterocycles. The average Bonchev–Trinajstić information content (AvgIpc) is 2.94. The number of benzene rings is 1. The minimum atomic E-state index is -0.720. The smallest absolute Gasteiger partial charge is 0.358 e. The molecule has 0 unspecified atom stereocenters. The second kappa shape index (κ2) is 8.13. The molecule has 0 amide bonds. The predicted octanol–water partition coefficient (Wildman–Crippen LogP) is 3.32. The van der Waals surface area contributed by atoms with E-state index in [1.807, 2.05) is 6.92 Å². The highest BCUT2D eigenvalue weighted by molar-refractivity contribution is 6.31. The van der Waals surface area contributed by atoms with Gasteiger partial charge >= 0.3 is 5.97 Å². The van der Waals surface area contributed by atoms with Gasteiger partial charge in [-0.15, -0.1) is 0 Å². The van der Waals surface area contributed by atoms with Gasteiger partial charge in [-0.05, 0) is 31.5 Å². The molecule has 0 aliphatic carbocycles. The van der Waals surface area contributed by atoms with Crippen LogP contribution in [0, 0.1) is 0 Å². The van der Waals surface area contributed by atoms with Crippen molar-refractivity contribution in [2.24, 2.45) is 7.05 Å². The Morgan fingerprint density at radius 1 is 1.21 bits per heavy atom. The first kappa shape index (κ1) is 20.7. The fourth-order valence-corrected chi connectivity index (χ4v) is 3.55. The maximum Gasteiger partial charge on any atom is 0.358 e. The summed E-state index contributed by atoms with van der Waals surface area (Å²) in [6, 6.07) is 8.19. The van der Waals surface area contributed by atoms with Crippen molar-refractivity contribution in [2.45, 2.75) is 26.8 Å². The lowest BCUT2D eigenvalue weighted by Crippen LogP contribution is -2.27. The van der Waals surface area contributed by atoms with Crippen molar-refractivity contribution in [1.29, 1.82) is 0 Å². The zero-order valence-corrected chi connectivity index (χ0v) is 17.1. The Labute approximate surface area is 172 Å². The molecule has 1 aromatic carbocycles. The van der Waals surface area contributed by atoms with Crippen LogP contribution in [0.15, 0.2) is 35.1 Å². The molecule has 29 heavy (non-hydrogen) atoms. The van der Waals surface area contributed by atoms with E-state index in [0.29, 0.717) is 28.2 Å². The number of hydrogen-bond acceptors (Lipinski definition) is 5. The Kier molecular flexibility index (Phi) is 5.79. The molecule has 0 aliphatic rings. The minimum absolute atomic E-state index is 0.0216. The summed E-state index contributed by atoms with van der Waals surface area (Å²) >= 11 is 5.96. The van der Waals surface area contributed by atoms with Gasteiger partial charge in [-0.3, -0.25) is 9.59 Å². The number of aromatic hydroxyl groups is 1. The number of pyridine rings is 1. The minimum Gasteiger partial charge on any atom is -0.505 e. The van der Waals surface area contributed by atoms with Crippen LogP contribution in [0.5, 0.6) is 5.75 Å². The van der Waals surface area contributed by atoms with Crippen LogP contribution in [-0.2, 0) is 24.8 Å². The SMILES string of the molecule is CCOC(=O)c1c(O)c2c(=O)n(CC(=O)c3cccc(Cl)c3)c(CC)cc2n1C. The standard InChI is InChI=1S/C21H21ClN2O5/c1-4-14-10-15-17(19(26)18(23(15)3)21(28)29-5-2)20(27)24(14)11-16(25)12-7-6-8-13(22)9-12/h6-10,26H,4-5,11H2,1-3H3. The molecule has 152 valence electrons. The van der Waals surface area contributed by atoms with Gasteiger partial charge in [0.1, 0.15) is 5.39 Å². The van der Waals surface area contributed by atoms with Crippen LogP contribution < -0.4 is 5.56 Å². The molecule has 0 bridgehead atoms. The molecular weight excluding hydrogens is 396 g/mol. The third-order valence-corrected chi connectivity index (χ3v) is 5.04. The number of halogens is 1. The number of fused-ring (bicyclic) bond motifs is 1. The summed E-state index contributed by atoms with van der Waals surface area (Å²) in [5.41, 5.74) is 0.752. The maximum atomic E-state index is 13.2. The molecule has 7 nitrogen and oxygen atoms in total. The molecule has 3 aromatic rings. The number of ketones is 1. The molecule has 0 aliphatic heterocycles. The number of carbonyl (C=O) groups is 2. The van der Waals surface area contributed by atoms with Gasteiger partial charge in [-0.1, -0.05) is 30.7 Å². The van der Waals surface area contributed by atoms with Crippen molar-refractivity contribution in [3.05, 3.63) is 62.7 Å². The van der Waals surface area contributed by atoms with Crippen molar-refractivity contribution in [1.82, 2.24) is 9.13 Å². The lowest BCUT2D eigenvalue weighted by Gasteiger charge is -2.12. The summed E-state index contributed by atoms with van der Waals surface area (Å²) in [4.78, 5) is 38.1. The molecule has 0 saturated carbocycles. The number of nitrogens with zero attached hydrogens (tertiary/aromatic N) is 2. The molecule has 1 N–H and O–H groups in total. The van der Waals surface area contributed by atoms with Crippen LogP contribution in [0.25, 0.3) is 10.9 Å². The number of Topliss-reactive ketones (excluding diaryl/α,β-unsaturated/α-hetero) is 1. The molecule has 0 atom stereocenters. The molecule has 8 heteroatoms. The summed E-state index contributed by atoms with van der Waals surface area (Å²) in [6.45, 7) is 3.44. The Morgan fingerprint density at radius 3 is 2.55 bits per heavy atom. The third kappa shape index (κ3) is 3.65. The van der Waals surface area contributed by atoms with Gasteiger partial charge in [0.05, 0.1) is 18.7 Å². The van der Waals surface area contributed by atoms with Gasteiger partial charge in [0.2, 0.25) is 0 Å². The second-order valence-electron chi connectivity index (χ2n) is 6.55. The van der Waals surface area contributed by atoms with E-state index in [1.54, 1.807) is 38.2 Å². The first-order valence-corrected chi connectivity index (χ1v) is 9.57. The van der Waals surface area contributed by atoms with E-state index in [1.165, 1.54) is 15.2 Å². The number of esters is 1. The highest BCUT2D eigenvalue weighted by atomic mass is 35.5. The molecule has 0 radical (unpaired) electrons. The van der Waals surface area contributed by atoms with Crippen molar-refractivity contribution >= 4 is 34.3 Å². The highest BCUT2D eigenvalue weighted by Crippen LogP contribution is 2.30. The monoisotopic (exact) mass is 416 g/mol. The van der Waals surface area contributed by atoms with E-state index >= 15 is 0 Å². The molecule has 0 fully saturated rings. The van der Waals surface area contributed by atoms with Gasteiger partial charge < -0.3 is 19.0 Å². The van der Waals surface area contributed by atoms with Crippen molar-refractivity contribution < 1.29 is 19.4 Å². The van der Waals surface area contributed by atoms with Crippen molar-refractivity contribution in [2.75, 3.05) is 6.61 Å². The van der Waals surface area contributed by atoms with Crippen LogP contribution in [0.4, 0.5) is 0 Å². The summed E-state index contributed by atoms with van der Waals surface area (Å²) in [6.07, 6.45) is 0.481. The Bertz CT molecular complexity index is 1180. The topological polar surface area (TPSA) is 90.5 Å². The second-order valence-corrected chi connectivity index (χ2v) is 6.99. The average molecular weight is 417 g/mol. The number of aryl methyl sites for hydroxylation is 2. The van der Waals surface area contributed by atoms with Crippen molar-refractivity contribution in [3.63, 3.8) is 0 Å². The van der Waals surface area contributed by atoms with Gasteiger partial charge in [-0.25, -0.2) is 4.79 Å². The van der Waals surface area contributed by atoms with Gasteiger partial charge in [-0.2, -0.15) is 0 Å². The van der Waals surface area contributed by atoms with E-state index in [-0.39, 0.29) is 30.0 Å². The van der Waals surface area contributed by atoms with Gasteiger partial charge in [0, 0.05) is 23.3 Å². The number of aromatic nitrogens is 2. The van der Waals surface area contributed by atoms with E-state index in [4.69, 9.17) is 16.3 Å². The number of rotatable bonds is 6. The normalized spacial score (nSPS) is 11.0. The fraction of sp³-hybridized carbons (Fsp3) is 0.286. The summed E-state index contributed by atoms with van der Waals surface area (Å²) < 4.78 is 7.74. The quantitative estimate of drug-likeness (QED) is 0.491. The fourth-order valence-electron chi connectivity index (χ4n) is 3.36. The summed E-state index contributed by atoms with van der Waals surface area (Å²) in [7, 11) is 1.58. The Morgan fingerprint density at radius 2 is 1.93 bits per heavy atom. The number of hydrogen-bond donors (Lipinski definition) is 1. The molecule has 3 rings (SSSR count). The van der Waals surface area contributed by atoms with E-state index < -0.39 is 17.3 Å². The van der Waals surface area contributed by atoms with Crippen LogP contribution >= 0.6 is 11.6 Å². The van der Waals surface area contributed by atoms with Crippen molar-refractivity contribution in [3.8, 4) is 5.75 Å². The lowest BCUT2D eigenvalue weighted by atomic mass is 10.1. The maximum absolute atomic E-state index is 13.2. The Hall–Kier alpha value is -3.06. The lowest BCUT2D eigenvalue weighted by molar-refractivity contribution is 0.0512. The first-order chi connectivity index (χ1) is 13.8. The third-order valence-electron chi connectivity index (χ3n) is 4.80. The molecular formula is C21H21ClN2O5. The van der Waals surface area contributed by atoms with Crippen LogP contribution in [0.3, 0.4) is 0 Å². The molecule has 2 heterocycles. The molecule has 0 saturated heterocycles. The zero-order chi connectivity index (χ0) is 21.3. The van der Waals surface area contributed by atoms with E-state index in [0.717, 1.165) is 0 Å².